The molecule has 1 fully saturated rings. The molecular formula is C14H27NO2. The lowest BCUT2D eigenvalue weighted by molar-refractivity contribution is -0.134. The van der Waals surface area contributed by atoms with Gasteiger partial charge in [-0.1, -0.05) is 26.2 Å². The van der Waals surface area contributed by atoms with Gasteiger partial charge in [0.05, 0.1) is 6.10 Å². The Morgan fingerprint density at radius 2 is 2.18 bits per heavy atom. The van der Waals surface area contributed by atoms with E-state index in [-0.39, 0.29) is 12.1 Å². The molecule has 1 rings (SSSR count). The molecule has 3 heteroatoms. The molecular weight excluding hydrogens is 214 g/mol. The van der Waals surface area contributed by atoms with E-state index in [9.17, 15) is 9.90 Å². The zero-order valence-electron chi connectivity index (χ0n) is 11.3. The number of hydrogen-bond acceptors (Lipinski definition) is 2. The molecule has 0 aromatic carbocycles. The predicted molar refractivity (Wildman–Crippen MR) is 69.8 cm³/mol. The number of hydrogen-bond donors (Lipinski definition) is 1. The molecule has 1 saturated heterocycles. The van der Waals surface area contributed by atoms with Crippen molar-refractivity contribution in [2.24, 2.45) is 0 Å². The monoisotopic (exact) mass is 241 g/mol. The Morgan fingerprint density at radius 1 is 1.41 bits per heavy atom. The van der Waals surface area contributed by atoms with E-state index in [1.807, 2.05) is 11.8 Å². The van der Waals surface area contributed by atoms with Gasteiger partial charge < -0.3 is 10.0 Å². The third-order valence-corrected chi connectivity index (χ3v) is 3.55. The van der Waals surface area contributed by atoms with Crippen LogP contribution in [-0.2, 0) is 4.79 Å². The maximum absolute atomic E-state index is 12.1. The van der Waals surface area contributed by atoms with Crippen molar-refractivity contribution in [1.82, 2.24) is 4.90 Å². The van der Waals surface area contributed by atoms with E-state index in [4.69, 9.17) is 0 Å². The van der Waals surface area contributed by atoms with Crippen molar-refractivity contribution < 1.29 is 9.90 Å². The lowest BCUT2D eigenvalue weighted by Crippen LogP contribution is -2.41. The fraction of sp³-hybridized carbons (Fsp3) is 0.929. The maximum atomic E-state index is 12.1. The molecule has 0 saturated carbocycles. The summed E-state index contributed by atoms with van der Waals surface area (Å²) in [6.45, 7) is 4.82. The number of carbonyl (C=O) groups excluding carboxylic acids is 1. The molecule has 17 heavy (non-hydrogen) atoms. The van der Waals surface area contributed by atoms with Crippen molar-refractivity contribution in [3.8, 4) is 0 Å². The Hall–Kier alpha value is -0.570. The van der Waals surface area contributed by atoms with Gasteiger partial charge in [-0.2, -0.15) is 0 Å². The first kappa shape index (κ1) is 14.5. The molecule has 100 valence electrons. The summed E-state index contributed by atoms with van der Waals surface area (Å²) in [6, 6.07) is 0.266. The highest BCUT2D eigenvalue weighted by molar-refractivity contribution is 5.76. The molecule has 1 aliphatic rings. The number of unbranched alkanes of at least 4 members (excludes halogenated alkanes) is 1. The average molecular weight is 241 g/mol. The number of amides is 1. The van der Waals surface area contributed by atoms with Crippen molar-refractivity contribution in [3.63, 3.8) is 0 Å². The van der Waals surface area contributed by atoms with Crippen LogP contribution in [0.3, 0.4) is 0 Å². The lowest BCUT2D eigenvalue weighted by Gasteiger charge is -2.31. The molecule has 3 nitrogen and oxygen atoms in total. The third kappa shape index (κ3) is 5.07. The summed E-state index contributed by atoms with van der Waals surface area (Å²) in [4.78, 5) is 14.2. The van der Waals surface area contributed by atoms with Crippen molar-refractivity contribution in [3.05, 3.63) is 0 Å². The second-order valence-electron chi connectivity index (χ2n) is 5.28. The summed E-state index contributed by atoms with van der Waals surface area (Å²) in [5.74, 6) is 0.291. The van der Waals surface area contributed by atoms with Gasteiger partial charge in [-0.15, -0.1) is 0 Å². The van der Waals surface area contributed by atoms with Crippen molar-refractivity contribution >= 4 is 5.91 Å². The van der Waals surface area contributed by atoms with Gasteiger partial charge in [0, 0.05) is 19.0 Å². The fourth-order valence-corrected chi connectivity index (χ4v) is 2.62. The molecule has 2 unspecified atom stereocenters. The summed E-state index contributed by atoms with van der Waals surface area (Å²) >= 11 is 0. The predicted octanol–water partition coefficient (Wildman–Crippen LogP) is 2.72. The smallest absolute Gasteiger partial charge is 0.222 e. The van der Waals surface area contributed by atoms with E-state index in [1.54, 1.807) is 0 Å². The largest absolute Gasteiger partial charge is 0.393 e. The van der Waals surface area contributed by atoms with Gasteiger partial charge in [0.2, 0.25) is 5.91 Å². The van der Waals surface area contributed by atoms with Crippen molar-refractivity contribution in [2.45, 2.75) is 77.4 Å². The molecule has 1 heterocycles. The summed E-state index contributed by atoms with van der Waals surface area (Å²) in [7, 11) is 0. The van der Waals surface area contributed by atoms with Gasteiger partial charge in [0.1, 0.15) is 0 Å². The van der Waals surface area contributed by atoms with Crippen molar-refractivity contribution in [2.75, 3.05) is 6.54 Å². The zero-order chi connectivity index (χ0) is 12.7. The molecule has 2 atom stereocenters. The second-order valence-corrected chi connectivity index (χ2v) is 5.28. The Morgan fingerprint density at radius 3 is 2.82 bits per heavy atom. The van der Waals surface area contributed by atoms with Gasteiger partial charge >= 0.3 is 0 Å². The van der Waals surface area contributed by atoms with Crippen LogP contribution >= 0.6 is 0 Å². The van der Waals surface area contributed by atoms with E-state index in [1.165, 1.54) is 12.8 Å². The van der Waals surface area contributed by atoms with Crippen LogP contribution in [0.2, 0.25) is 0 Å². The Balaban J connectivity index is 2.57. The summed E-state index contributed by atoms with van der Waals surface area (Å²) in [5, 5.41) is 9.53. The Labute approximate surface area is 105 Å². The number of aliphatic hydroxyl groups excluding tert-OH is 1. The van der Waals surface area contributed by atoms with Gasteiger partial charge in [0.25, 0.3) is 0 Å². The molecule has 0 radical (unpaired) electrons. The van der Waals surface area contributed by atoms with E-state index in [2.05, 4.69) is 6.92 Å². The van der Waals surface area contributed by atoms with Gasteiger partial charge in [-0.3, -0.25) is 4.79 Å². The molecule has 1 aliphatic heterocycles. The van der Waals surface area contributed by atoms with E-state index in [0.29, 0.717) is 12.3 Å². The first-order chi connectivity index (χ1) is 8.15. The highest BCUT2D eigenvalue weighted by Crippen LogP contribution is 2.21. The normalized spacial score (nSPS) is 23.2. The molecule has 0 aromatic rings. The Kier molecular flexibility index (Phi) is 6.56. The van der Waals surface area contributed by atoms with Crippen LogP contribution in [0.4, 0.5) is 0 Å². The highest BCUT2D eigenvalue weighted by atomic mass is 16.3. The molecule has 0 aliphatic carbocycles. The maximum Gasteiger partial charge on any atom is 0.222 e. The summed E-state index contributed by atoms with van der Waals surface area (Å²) in [6.07, 6.45) is 7.74. The fourth-order valence-electron chi connectivity index (χ4n) is 2.62. The first-order valence-corrected chi connectivity index (χ1v) is 7.12. The lowest BCUT2D eigenvalue weighted by atomic mass is 10.0. The summed E-state index contributed by atoms with van der Waals surface area (Å²) in [5.41, 5.74) is 0. The molecule has 0 spiro atoms. The van der Waals surface area contributed by atoms with Crippen LogP contribution in [0.25, 0.3) is 0 Å². The molecule has 0 bridgehead atoms. The minimum absolute atomic E-state index is 0.266. The number of aliphatic hydroxyl groups is 1. The topological polar surface area (TPSA) is 40.5 Å². The van der Waals surface area contributed by atoms with Crippen LogP contribution < -0.4 is 0 Å². The van der Waals surface area contributed by atoms with Gasteiger partial charge in [0.15, 0.2) is 0 Å². The van der Waals surface area contributed by atoms with Crippen LogP contribution in [0.15, 0.2) is 0 Å². The molecule has 1 N–H and O–H groups in total. The summed E-state index contributed by atoms with van der Waals surface area (Å²) < 4.78 is 0. The van der Waals surface area contributed by atoms with E-state index >= 15 is 0 Å². The van der Waals surface area contributed by atoms with Crippen LogP contribution in [0.5, 0.6) is 0 Å². The average Bonchev–Trinajstić information content (AvgIpc) is 2.50. The zero-order valence-corrected chi connectivity index (χ0v) is 11.3. The minimum atomic E-state index is -0.306. The quantitative estimate of drug-likeness (QED) is 0.804. The highest BCUT2D eigenvalue weighted by Gasteiger charge is 2.25. The number of carbonyl (C=O) groups is 1. The molecule has 0 aromatic heterocycles. The second kappa shape index (κ2) is 7.70. The van der Waals surface area contributed by atoms with Crippen LogP contribution in [0.1, 0.15) is 65.2 Å². The first-order valence-electron chi connectivity index (χ1n) is 7.12. The van der Waals surface area contributed by atoms with Gasteiger partial charge in [-0.25, -0.2) is 0 Å². The number of likely N-dealkylation sites (tertiary alicyclic amines) is 1. The molecule has 1 amide bonds. The van der Waals surface area contributed by atoms with E-state index in [0.717, 1.165) is 38.6 Å². The van der Waals surface area contributed by atoms with Crippen LogP contribution in [-0.4, -0.2) is 34.6 Å². The Bertz CT molecular complexity index is 228. The van der Waals surface area contributed by atoms with Crippen LogP contribution in [0, 0.1) is 0 Å². The minimum Gasteiger partial charge on any atom is -0.393 e. The standard InChI is InChI=1S/C14H27NO2/c1-3-4-9-14(17)15-10-7-5-6-8-13(15)11-12(2)16/h12-13,16H,3-11H2,1-2H3. The number of rotatable bonds is 5. The SMILES string of the molecule is CCCCC(=O)N1CCCCCC1CC(C)O. The van der Waals surface area contributed by atoms with E-state index < -0.39 is 0 Å². The van der Waals surface area contributed by atoms with Crippen molar-refractivity contribution in [1.29, 1.82) is 0 Å². The number of nitrogens with zero attached hydrogens (tertiary/aromatic N) is 1. The third-order valence-electron chi connectivity index (χ3n) is 3.55. The van der Waals surface area contributed by atoms with Gasteiger partial charge in [-0.05, 0) is 32.6 Å².